The zero-order valence-electron chi connectivity index (χ0n) is 9.46. The zero-order chi connectivity index (χ0) is 12.4. The maximum atomic E-state index is 11.6. The third-order valence-corrected chi connectivity index (χ3v) is 2.73. The van der Waals surface area contributed by atoms with E-state index in [1.54, 1.807) is 17.1 Å². The number of nitrogens with one attached hydrogen (secondary N) is 1. The van der Waals surface area contributed by atoms with E-state index < -0.39 is 11.9 Å². The summed E-state index contributed by atoms with van der Waals surface area (Å²) in [6.07, 6.45) is 3.29. The van der Waals surface area contributed by atoms with E-state index in [0.717, 1.165) is 6.54 Å². The van der Waals surface area contributed by atoms with Crippen molar-refractivity contribution in [1.29, 1.82) is 0 Å². The zero-order valence-corrected chi connectivity index (χ0v) is 9.46. The van der Waals surface area contributed by atoms with Gasteiger partial charge >= 0.3 is 12.0 Å². The number of aryl methyl sites for hydroxylation is 1. The van der Waals surface area contributed by atoms with Crippen molar-refractivity contribution in [1.82, 2.24) is 14.7 Å². The van der Waals surface area contributed by atoms with Gasteiger partial charge in [0.1, 0.15) is 0 Å². The molecule has 0 bridgehead atoms. The number of urea groups is 1. The number of aliphatic carboxylic acids is 1. The first-order valence-corrected chi connectivity index (χ1v) is 5.41. The van der Waals surface area contributed by atoms with Gasteiger partial charge in [0.05, 0.1) is 17.8 Å². The standard InChI is InChI=1S/C10H14N4O3/c1-2-14-6-8(3-11-14)12-10(17)13-4-7(5-13)9(15)16/h3,6-7H,2,4-5H2,1H3,(H,12,17)(H,15,16). The van der Waals surface area contributed by atoms with E-state index in [2.05, 4.69) is 10.4 Å². The van der Waals surface area contributed by atoms with Crippen molar-refractivity contribution in [3.8, 4) is 0 Å². The summed E-state index contributed by atoms with van der Waals surface area (Å²) >= 11 is 0. The summed E-state index contributed by atoms with van der Waals surface area (Å²) in [5.41, 5.74) is 0.621. The fraction of sp³-hybridized carbons (Fsp3) is 0.500. The van der Waals surface area contributed by atoms with Crippen LogP contribution in [-0.4, -0.2) is 44.9 Å². The Morgan fingerprint density at radius 1 is 1.59 bits per heavy atom. The number of carbonyl (C=O) groups excluding carboxylic acids is 1. The van der Waals surface area contributed by atoms with Crippen molar-refractivity contribution >= 4 is 17.7 Å². The molecule has 0 saturated carbocycles. The maximum absolute atomic E-state index is 11.6. The number of carbonyl (C=O) groups is 2. The van der Waals surface area contributed by atoms with Crippen molar-refractivity contribution < 1.29 is 14.7 Å². The lowest BCUT2D eigenvalue weighted by atomic mass is 10.0. The summed E-state index contributed by atoms with van der Waals surface area (Å²) in [5, 5.41) is 15.4. The van der Waals surface area contributed by atoms with Gasteiger partial charge in [-0.2, -0.15) is 5.10 Å². The molecule has 1 aliphatic heterocycles. The van der Waals surface area contributed by atoms with E-state index in [9.17, 15) is 9.59 Å². The lowest BCUT2D eigenvalue weighted by Crippen LogP contribution is -2.54. The Morgan fingerprint density at radius 2 is 2.29 bits per heavy atom. The van der Waals surface area contributed by atoms with E-state index in [4.69, 9.17) is 5.11 Å². The summed E-state index contributed by atoms with van der Waals surface area (Å²) in [6, 6.07) is -0.279. The number of hydrogen-bond donors (Lipinski definition) is 2. The van der Waals surface area contributed by atoms with Crippen LogP contribution in [-0.2, 0) is 11.3 Å². The normalized spacial score (nSPS) is 15.5. The average molecular weight is 238 g/mol. The fourth-order valence-electron chi connectivity index (χ4n) is 1.60. The molecule has 92 valence electrons. The van der Waals surface area contributed by atoms with Crippen molar-refractivity contribution in [2.45, 2.75) is 13.5 Å². The van der Waals surface area contributed by atoms with Gasteiger partial charge in [-0.3, -0.25) is 9.48 Å². The van der Waals surface area contributed by atoms with Crippen molar-refractivity contribution in [2.24, 2.45) is 5.92 Å². The van der Waals surface area contributed by atoms with Crippen molar-refractivity contribution in [3.63, 3.8) is 0 Å². The minimum absolute atomic E-state index is 0.267. The summed E-state index contributed by atoms with van der Waals surface area (Å²) in [4.78, 5) is 23.7. The van der Waals surface area contributed by atoms with Gasteiger partial charge in [-0.15, -0.1) is 0 Å². The molecule has 1 fully saturated rings. The molecule has 1 aliphatic rings. The number of hydrogen-bond acceptors (Lipinski definition) is 3. The van der Waals surface area contributed by atoms with Gasteiger partial charge in [0.2, 0.25) is 0 Å². The number of anilines is 1. The average Bonchev–Trinajstić information content (AvgIpc) is 2.62. The van der Waals surface area contributed by atoms with Crippen LogP contribution in [0.15, 0.2) is 12.4 Å². The molecule has 0 aromatic carbocycles. The molecule has 7 nitrogen and oxygen atoms in total. The lowest BCUT2D eigenvalue weighted by Gasteiger charge is -2.36. The monoisotopic (exact) mass is 238 g/mol. The number of rotatable bonds is 3. The fourth-order valence-corrected chi connectivity index (χ4v) is 1.60. The van der Waals surface area contributed by atoms with Crippen LogP contribution >= 0.6 is 0 Å². The third kappa shape index (κ3) is 2.38. The molecule has 2 rings (SSSR count). The van der Waals surface area contributed by atoms with Gasteiger partial charge in [-0.25, -0.2) is 4.79 Å². The molecule has 2 heterocycles. The molecular weight excluding hydrogens is 224 g/mol. The maximum Gasteiger partial charge on any atom is 0.321 e. The minimum Gasteiger partial charge on any atom is -0.481 e. The number of carboxylic acids is 1. The first kappa shape index (κ1) is 11.4. The number of nitrogens with zero attached hydrogens (tertiary/aromatic N) is 3. The van der Waals surface area contributed by atoms with E-state index in [1.165, 1.54) is 4.90 Å². The highest BCUT2D eigenvalue weighted by molar-refractivity contribution is 5.90. The summed E-state index contributed by atoms with van der Waals surface area (Å²) < 4.78 is 1.70. The van der Waals surface area contributed by atoms with Crippen LogP contribution in [0.25, 0.3) is 0 Å². The van der Waals surface area contributed by atoms with Crippen molar-refractivity contribution in [3.05, 3.63) is 12.4 Å². The predicted octanol–water partition coefficient (Wildman–Crippen LogP) is 0.451. The molecule has 1 aromatic rings. The molecule has 1 aromatic heterocycles. The topological polar surface area (TPSA) is 87.5 Å². The summed E-state index contributed by atoms with van der Waals surface area (Å²) in [7, 11) is 0. The van der Waals surface area contributed by atoms with Crippen LogP contribution in [0.3, 0.4) is 0 Å². The largest absolute Gasteiger partial charge is 0.481 e. The van der Waals surface area contributed by atoms with Gasteiger partial charge in [-0.1, -0.05) is 0 Å². The molecule has 0 spiro atoms. The van der Waals surface area contributed by atoms with Gasteiger partial charge in [-0.05, 0) is 6.92 Å². The smallest absolute Gasteiger partial charge is 0.321 e. The highest BCUT2D eigenvalue weighted by atomic mass is 16.4. The Balaban J connectivity index is 1.84. The Hall–Kier alpha value is -2.05. The molecular formula is C10H14N4O3. The number of aromatic nitrogens is 2. The van der Waals surface area contributed by atoms with Crippen LogP contribution in [0.4, 0.5) is 10.5 Å². The van der Waals surface area contributed by atoms with Crippen LogP contribution in [0.2, 0.25) is 0 Å². The molecule has 2 amide bonds. The Bertz CT molecular complexity index is 437. The molecule has 2 N–H and O–H groups in total. The Morgan fingerprint density at radius 3 is 2.82 bits per heavy atom. The quantitative estimate of drug-likeness (QED) is 0.800. The Labute approximate surface area is 98.0 Å². The minimum atomic E-state index is -0.854. The molecule has 0 unspecified atom stereocenters. The molecule has 17 heavy (non-hydrogen) atoms. The molecule has 0 aliphatic carbocycles. The van der Waals surface area contributed by atoms with Gasteiger partial charge in [0.15, 0.2) is 0 Å². The van der Waals surface area contributed by atoms with Gasteiger partial charge in [0, 0.05) is 25.8 Å². The summed E-state index contributed by atoms with van der Waals surface area (Å²) in [6.45, 7) is 3.22. The van der Waals surface area contributed by atoms with E-state index in [0.29, 0.717) is 5.69 Å². The Kier molecular flexibility index (Phi) is 2.99. The predicted molar refractivity (Wildman–Crippen MR) is 59.6 cm³/mol. The van der Waals surface area contributed by atoms with Gasteiger partial charge in [0.25, 0.3) is 0 Å². The highest BCUT2D eigenvalue weighted by Gasteiger charge is 2.35. The van der Waals surface area contributed by atoms with E-state index in [1.807, 2.05) is 6.92 Å². The second-order valence-corrected chi connectivity index (χ2v) is 3.96. The van der Waals surface area contributed by atoms with E-state index >= 15 is 0 Å². The van der Waals surface area contributed by atoms with Crippen molar-refractivity contribution in [2.75, 3.05) is 18.4 Å². The number of likely N-dealkylation sites (tertiary alicyclic amines) is 1. The van der Waals surface area contributed by atoms with Crippen LogP contribution in [0.1, 0.15) is 6.92 Å². The second kappa shape index (κ2) is 4.44. The lowest BCUT2D eigenvalue weighted by molar-refractivity contribution is -0.145. The van der Waals surface area contributed by atoms with Crippen LogP contribution in [0.5, 0.6) is 0 Å². The highest BCUT2D eigenvalue weighted by Crippen LogP contribution is 2.17. The molecule has 0 atom stereocenters. The van der Waals surface area contributed by atoms with Crippen LogP contribution < -0.4 is 5.32 Å². The summed E-state index contributed by atoms with van der Waals surface area (Å²) in [5.74, 6) is -1.29. The number of amides is 2. The molecule has 0 radical (unpaired) electrons. The first-order valence-electron chi connectivity index (χ1n) is 5.41. The molecule has 7 heteroatoms. The molecule has 1 saturated heterocycles. The second-order valence-electron chi connectivity index (χ2n) is 3.96. The van der Waals surface area contributed by atoms with E-state index in [-0.39, 0.29) is 19.1 Å². The third-order valence-electron chi connectivity index (χ3n) is 2.73. The van der Waals surface area contributed by atoms with Crippen LogP contribution in [0, 0.1) is 5.92 Å². The SMILES string of the molecule is CCn1cc(NC(=O)N2CC(C(=O)O)C2)cn1. The number of carboxylic acid groups (broad SMARTS) is 1. The van der Waals surface area contributed by atoms with Gasteiger partial charge < -0.3 is 15.3 Å². The first-order chi connectivity index (χ1) is 8.10.